The summed E-state index contributed by atoms with van der Waals surface area (Å²) in [5.74, 6) is -0.335. The van der Waals surface area contributed by atoms with E-state index in [1.54, 1.807) is 29.5 Å². The molecule has 1 atom stereocenters. The van der Waals surface area contributed by atoms with Crippen molar-refractivity contribution in [2.45, 2.75) is 12.5 Å². The molecule has 21 heavy (non-hydrogen) atoms. The maximum Gasteiger partial charge on any atom is 0.146 e. The predicted molar refractivity (Wildman–Crippen MR) is 88.7 cm³/mol. The normalized spacial score (nSPS) is 12.7. The molecule has 0 fully saturated rings. The van der Waals surface area contributed by atoms with Gasteiger partial charge < -0.3 is 5.32 Å². The largest absolute Gasteiger partial charge is 0.313 e. The van der Waals surface area contributed by atoms with Gasteiger partial charge in [0.25, 0.3) is 0 Å². The van der Waals surface area contributed by atoms with E-state index in [0.29, 0.717) is 5.56 Å². The first-order valence-electron chi connectivity index (χ1n) is 6.77. The highest BCUT2D eigenvalue weighted by molar-refractivity contribution is 7.17. The van der Waals surface area contributed by atoms with Gasteiger partial charge in [-0.15, -0.1) is 11.3 Å². The minimum atomic E-state index is -0.335. The summed E-state index contributed by atoms with van der Waals surface area (Å²) in [5, 5.41) is 6.76. The first-order valence-corrected chi connectivity index (χ1v) is 8.02. The number of nitrogens with one attached hydrogen (secondary N) is 1. The number of thiophene rings is 1. The van der Waals surface area contributed by atoms with Gasteiger partial charge >= 0.3 is 0 Å². The Kier molecular flexibility index (Phi) is 4.24. The van der Waals surface area contributed by atoms with Crippen LogP contribution in [0.5, 0.6) is 0 Å². The third kappa shape index (κ3) is 2.82. The second kappa shape index (κ2) is 6.14. The number of halogens is 2. The molecule has 0 bridgehead atoms. The van der Waals surface area contributed by atoms with E-state index in [1.165, 1.54) is 15.6 Å². The molecule has 0 amide bonds. The lowest BCUT2D eigenvalue weighted by molar-refractivity contribution is 0.535. The van der Waals surface area contributed by atoms with Gasteiger partial charge in [0.2, 0.25) is 0 Å². The third-order valence-corrected chi connectivity index (χ3v) is 4.99. The summed E-state index contributed by atoms with van der Waals surface area (Å²) in [7, 11) is 1.85. The van der Waals surface area contributed by atoms with Crippen LogP contribution in [-0.2, 0) is 6.42 Å². The van der Waals surface area contributed by atoms with Gasteiger partial charge in [-0.05, 0) is 41.9 Å². The Labute approximate surface area is 132 Å². The zero-order valence-electron chi connectivity index (χ0n) is 11.6. The van der Waals surface area contributed by atoms with Gasteiger partial charge in [0.1, 0.15) is 5.82 Å². The molecule has 3 rings (SSSR count). The molecular weight excluding hydrogens is 305 g/mol. The highest BCUT2D eigenvalue weighted by Gasteiger charge is 2.18. The van der Waals surface area contributed by atoms with E-state index in [9.17, 15) is 4.39 Å². The lowest BCUT2D eigenvalue weighted by Crippen LogP contribution is -2.20. The van der Waals surface area contributed by atoms with Crippen molar-refractivity contribution in [3.8, 4) is 0 Å². The Morgan fingerprint density at radius 2 is 2.00 bits per heavy atom. The second-order valence-corrected chi connectivity index (χ2v) is 6.26. The summed E-state index contributed by atoms with van der Waals surface area (Å²) in [6.07, 6.45) is 0.734. The number of hydrogen-bond acceptors (Lipinski definition) is 2. The van der Waals surface area contributed by atoms with Crippen molar-refractivity contribution in [2.24, 2.45) is 0 Å². The molecule has 1 unspecified atom stereocenters. The Bertz CT molecular complexity index is 768. The first-order chi connectivity index (χ1) is 10.2. The van der Waals surface area contributed by atoms with Crippen LogP contribution in [0.4, 0.5) is 4.39 Å². The average molecular weight is 320 g/mol. The smallest absolute Gasteiger partial charge is 0.146 e. The number of rotatable bonds is 4. The van der Waals surface area contributed by atoms with Gasteiger partial charge in [-0.2, -0.15) is 0 Å². The molecule has 4 heteroatoms. The van der Waals surface area contributed by atoms with E-state index in [2.05, 4.69) is 22.8 Å². The summed E-state index contributed by atoms with van der Waals surface area (Å²) >= 11 is 7.61. The molecule has 0 spiro atoms. The number of fused-ring (bicyclic) bond motifs is 1. The Balaban J connectivity index is 1.96. The van der Waals surface area contributed by atoms with Gasteiger partial charge in [-0.25, -0.2) is 4.39 Å². The standard InChI is InChI=1S/C17H15ClFNS/c1-20-15(13-6-4-7-14(18)17(13)19)9-11-10-21-16-8-3-2-5-12(11)16/h2-8,10,15,20H,9H2,1H3. The maximum absolute atomic E-state index is 14.2. The molecule has 1 N–H and O–H groups in total. The molecule has 0 aliphatic rings. The van der Waals surface area contributed by atoms with Gasteiger partial charge in [-0.3, -0.25) is 0 Å². The number of hydrogen-bond donors (Lipinski definition) is 1. The third-order valence-electron chi connectivity index (χ3n) is 3.69. The zero-order valence-corrected chi connectivity index (χ0v) is 13.1. The molecule has 3 aromatic rings. The van der Waals surface area contributed by atoms with Gasteiger partial charge in [0, 0.05) is 16.3 Å². The van der Waals surface area contributed by atoms with Gasteiger partial charge in [0.05, 0.1) is 5.02 Å². The van der Waals surface area contributed by atoms with Crippen LogP contribution >= 0.6 is 22.9 Å². The topological polar surface area (TPSA) is 12.0 Å². The van der Waals surface area contributed by atoms with Crippen molar-refractivity contribution >= 4 is 33.0 Å². The van der Waals surface area contributed by atoms with E-state index < -0.39 is 0 Å². The van der Waals surface area contributed by atoms with Crippen molar-refractivity contribution in [1.82, 2.24) is 5.32 Å². The lowest BCUT2D eigenvalue weighted by atomic mass is 9.98. The van der Waals surface area contributed by atoms with Crippen LogP contribution in [0, 0.1) is 5.82 Å². The molecular formula is C17H15ClFNS. The molecule has 0 radical (unpaired) electrons. The second-order valence-electron chi connectivity index (χ2n) is 4.95. The fourth-order valence-corrected chi connectivity index (χ4v) is 3.73. The zero-order chi connectivity index (χ0) is 14.8. The Morgan fingerprint density at radius 1 is 1.19 bits per heavy atom. The molecule has 108 valence electrons. The van der Waals surface area contributed by atoms with Crippen molar-refractivity contribution in [3.05, 3.63) is 69.8 Å². The fraction of sp³-hybridized carbons (Fsp3) is 0.176. The van der Waals surface area contributed by atoms with E-state index >= 15 is 0 Å². The van der Waals surface area contributed by atoms with E-state index in [4.69, 9.17) is 11.6 Å². The lowest BCUT2D eigenvalue weighted by Gasteiger charge is -2.17. The van der Waals surface area contributed by atoms with Crippen LogP contribution < -0.4 is 5.32 Å². The molecule has 2 aromatic carbocycles. The van der Waals surface area contributed by atoms with Crippen LogP contribution in [0.15, 0.2) is 47.8 Å². The van der Waals surface area contributed by atoms with Crippen molar-refractivity contribution in [3.63, 3.8) is 0 Å². The fourth-order valence-electron chi connectivity index (χ4n) is 2.57. The molecule has 1 nitrogen and oxygen atoms in total. The maximum atomic E-state index is 14.2. The van der Waals surface area contributed by atoms with E-state index in [0.717, 1.165) is 6.42 Å². The van der Waals surface area contributed by atoms with Gasteiger partial charge in [0.15, 0.2) is 0 Å². The summed E-state index contributed by atoms with van der Waals surface area (Å²) in [5.41, 5.74) is 1.84. The predicted octanol–water partition coefficient (Wildman–Crippen LogP) is 5.20. The minimum Gasteiger partial charge on any atom is -0.313 e. The molecule has 1 heterocycles. The van der Waals surface area contributed by atoms with Crippen LogP contribution in [0.1, 0.15) is 17.2 Å². The van der Waals surface area contributed by atoms with Crippen LogP contribution in [0.3, 0.4) is 0 Å². The molecule has 1 aromatic heterocycles. The molecule has 0 aliphatic carbocycles. The van der Waals surface area contributed by atoms with E-state index in [1.807, 2.05) is 19.2 Å². The monoisotopic (exact) mass is 319 g/mol. The highest BCUT2D eigenvalue weighted by atomic mass is 35.5. The summed E-state index contributed by atoms with van der Waals surface area (Å²) < 4.78 is 15.5. The molecule has 0 saturated carbocycles. The summed E-state index contributed by atoms with van der Waals surface area (Å²) in [4.78, 5) is 0. The van der Waals surface area contributed by atoms with Crippen LogP contribution in [-0.4, -0.2) is 7.05 Å². The molecule has 0 aliphatic heterocycles. The quantitative estimate of drug-likeness (QED) is 0.697. The van der Waals surface area contributed by atoms with Crippen molar-refractivity contribution in [2.75, 3.05) is 7.05 Å². The minimum absolute atomic E-state index is 0.0956. The van der Waals surface area contributed by atoms with Crippen molar-refractivity contribution in [1.29, 1.82) is 0 Å². The van der Waals surface area contributed by atoms with Crippen molar-refractivity contribution < 1.29 is 4.39 Å². The number of benzene rings is 2. The first kappa shape index (κ1) is 14.5. The summed E-state index contributed by atoms with van der Waals surface area (Å²) in [6.45, 7) is 0. The Morgan fingerprint density at radius 3 is 2.81 bits per heavy atom. The Hall–Kier alpha value is -1.42. The SMILES string of the molecule is CNC(Cc1csc2ccccc12)c1cccc(Cl)c1F. The summed E-state index contributed by atoms with van der Waals surface area (Å²) in [6, 6.07) is 13.4. The van der Waals surface area contributed by atoms with E-state index in [-0.39, 0.29) is 16.9 Å². The van der Waals surface area contributed by atoms with Crippen LogP contribution in [0.2, 0.25) is 5.02 Å². The average Bonchev–Trinajstić information content (AvgIpc) is 2.91. The number of likely N-dealkylation sites (N-methyl/N-ethyl adjacent to an activating group) is 1. The van der Waals surface area contributed by atoms with Crippen LogP contribution in [0.25, 0.3) is 10.1 Å². The van der Waals surface area contributed by atoms with Gasteiger partial charge in [-0.1, -0.05) is 41.9 Å². The highest BCUT2D eigenvalue weighted by Crippen LogP contribution is 2.31. The molecule has 0 saturated heterocycles.